The summed E-state index contributed by atoms with van der Waals surface area (Å²) >= 11 is 1.14. The van der Waals surface area contributed by atoms with E-state index in [1.54, 1.807) is 13.0 Å². The molecule has 0 saturated heterocycles. The summed E-state index contributed by atoms with van der Waals surface area (Å²) in [5.41, 5.74) is 0.263. The first kappa shape index (κ1) is 24.9. The highest BCUT2D eigenvalue weighted by atomic mass is 32.1. The number of aliphatic hydroxyl groups is 1. The predicted octanol–water partition coefficient (Wildman–Crippen LogP) is 2.66. The summed E-state index contributed by atoms with van der Waals surface area (Å²) in [6, 6.07) is 0. The van der Waals surface area contributed by atoms with Gasteiger partial charge in [0, 0.05) is 13.1 Å². The molecule has 0 amide bonds. The van der Waals surface area contributed by atoms with Crippen molar-refractivity contribution in [2.24, 2.45) is 5.92 Å². The summed E-state index contributed by atoms with van der Waals surface area (Å²) in [6.07, 6.45) is 2.45. The second-order valence-electron chi connectivity index (χ2n) is 7.70. The van der Waals surface area contributed by atoms with Gasteiger partial charge >= 0.3 is 5.97 Å². The minimum atomic E-state index is -0.677. The van der Waals surface area contributed by atoms with Gasteiger partial charge in [-0.25, -0.2) is 9.78 Å². The molecule has 0 aliphatic carbocycles. The molecular formula is C22H31N3O5S. The van der Waals surface area contributed by atoms with Gasteiger partial charge < -0.3 is 19.6 Å². The van der Waals surface area contributed by atoms with E-state index in [-0.39, 0.29) is 18.8 Å². The zero-order valence-electron chi connectivity index (χ0n) is 18.3. The predicted molar refractivity (Wildman–Crippen MR) is 123 cm³/mol. The first-order valence-electron chi connectivity index (χ1n) is 10.2. The fraction of sp³-hybridized carbons (Fsp3) is 0.500. The number of aromatic nitrogens is 2. The van der Waals surface area contributed by atoms with Gasteiger partial charge in [-0.3, -0.25) is 9.69 Å². The van der Waals surface area contributed by atoms with Crippen molar-refractivity contribution < 1.29 is 19.4 Å². The van der Waals surface area contributed by atoms with Crippen molar-refractivity contribution in [2.75, 3.05) is 32.9 Å². The van der Waals surface area contributed by atoms with Crippen LogP contribution in [0, 0.1) is 12.8 Å². The normalized spacial score (nSPS) is 12.5. The Balaban J connectivity index is 2.24. The number of thiophene rings is 1. The van der Waals surface area contributed by atoms with Crippen molar-refractivity contribution in [3.63, 3.8) is 0 Å². The Morgan fingerprint density at radius 1 is 1.29 bits per heavy atom. The number of rotatable bonds is 13. The minimum Gasteiger partial charge on any atom is -0.457 e. The monoisotopic (exact) mass is 449 g/mol. The van der Waals surface area contributed by atoms with Gasteiger partial charge in [0.1, 0.15) is 22.1 Å². The Labute approximate surface area is 186 Å². The lowest BCUT2D eigenvalue weighted by molar-refractivity contribution is 0.0218. The van der Waals surface area contributed by atoms with E-state index in [1.807, 2.05) is 4.90 Å². The second kappa shape index (κ2) is 11.9. The van der Waals surface area contributed by atoms with Crippen molar-refractivity contribution in [3.8, 4) is 0 Å². The standard InChI is InChI=1S/C22H31N3O5S/c1-6-8-29-13-16(26)11-25(10-14(3)4)12-17-23-20(27)18-15(5)19(31-21(18)24-17)22(28)30-9-7-2/h6-7,14,16,26H,1-2,8-13H2,3-5H3,(H,23,24,27)/t16-/m1/s1. The van der Waals surface area contributed by atoms with Crippen molar-refractivity contribution in [1.82, 2.24) is 14.9 Å². The van der Waals surface area contributed by atoms with Crippen LogP contribution in [0.1, 0.15) is 34.9 Å². The molecule has 0 unspecified atom stereocenters. The Hall–Kier alpha value is -2.33. The van der Waals surface area contributed by atoms with Gasteiger partial charge in [-0.15, -0.1) is 17.9 Å². The minimum absolute atomic E-state index is 0.102. The first-order valence-corrected chi connectivity index (χ1v) is 11.0. The van der Waals surface area contributed by atoms with E-state index >= 15 is 0 Å². The topological polar surface area (TPSA) is 105 Å². The van der Waals surface area contributed by atoms with E-state index in [9.17, 15) is 14.7 Å². The maximum absolute atomic E-state index is 12.7. The van der Waals surface area contributed by atoms with Crippen LogP contribution in [0.4, 0.5) is 0 Å². The zero-order chi connectivity index (χ0) is 23.0. The van der Waals surface area contributed by atoms with Crippen molar-refractivity contribution in [1.29, 1.82) is 0 Å². The average Bonchev–Trinajstić information content (AvgIpc) is 3.02. The summed E-state index contributed by atoms with van der Waals surface area (Å²) in [5, 5.41) is 10.7. The quantitative estimate of drug-likeness (QED) is 0.275. The fourth-order valence-corrected chi connectivity index (χ4v) is 4.32. The SMILES string of the molecule is C=CCOC[C@H](O)CN(Cc1nc2sc(C(=O)OCC=C)c(C)c2c(=O)[nH]1)CC(C)C. The smallest absolute Gasteiger partial charge is 0.348 e. The van der Waals surface area contributed by atoms with Gasteiger partial charge in [0.15, 0.2) is 0 Å². The number of aryl methyl sites for hydroxylation is 1. The summed E-state index contributed by atoms with van der Waals surface area (Å²) < 4.78 is 10.4. The summed E-state index contributed by atoms with van der Waals surface area (Å²) in [7, 11) is 0. The summed E-state index contributed by atoms with van der Waals surface area (Å²) in [4.78, 5) is 35.3. The maximum Gasteiger partial charge on any atom is 0.348 e. The molecule has 0 saturated carbocycles. The van der Waals surface area contributed by atoms with E-state index in [0.717, 1.165) is 11.3 Å². The van der Waals surface area contributed by atoms with Crippen LogP contribution >= 0.6 is 11.3 Å². The van der Waals surface area contributed by atoms with Crippen LogP contribution in [-0.4, -0.2) is 65.0 Å². The number of aromatic amines is 1. The van der Waals surface area contributed by atoms with Gasteiger partial charge in [-0.1, -0.05) is 32.6 Å². The molecule has 0 aromatic carbocycles. The fourth-order valence-electron chi connectivity index (χ4n) is 3.23. The van der Waals surface area contributed by atoms with E-state index < -0.39 is 12.1 Å². The number of nitrogens with zero attached hydrogens (tertiary/aromatic N) is 2. The molecule has 0 spiro atoms. The molecule has 170 valence electrons. The van der Waals surface area contributed by atoms with Gasteiger partial charge in [0.05, 0.1) is 31.2 Å². The number of carbonyl (C=O) groups excluding carboxylic acids is 1. The Morgan fingerprint density at radius 2 is 2.00 bits per heavy atom. The number of nitrogens with one attached hydrogen (secondary N) is 1. The third-order valence-corrected chi connectivity index (χ3v) is 5.54. The maximum atomic E-state index is 12.7. The van der Waals surface area contributed by atoms with Gasteiger partial charge in [-0.2, -0.15) is 0 Å². The lowest BCUT2D eigenvalue weighted by Gasteiger charge is -2.26. The number of carbonyl (C=O) groups is 1. The Morgan fingerprint density at radius 3 is 2.65 bits per heavy atom. The molecule has 0 bridgehead atoms. The van der Waals surface area contributed by atoms with Crippen LogP contribution in [0.2, 0.25) is 0 Å². The average molecular weight is 450 g/mol. The van der Waals surface area contributed by atoms with Crippen molar-refractivity contribution in [2.45, 2.75) is 33.4 Å². The molecule has 9 heteroatoms. The van der Waals surface area contributed by atoms with Crippen LogP contribution in [0.15, 0.2) is 30.1 Å². The van der Waals surface area contributed by atoms with Gasteiger partial charge in [0.25, 0.3) is 5.56 Å². The Kier molecular flexibility index (Phi) is 9.57. The molecule has 0 radical (unpaired) electrons. The number of ether oxygens (including phenoxy) is 2. The van der Waals surface area contributed by atoms with E-state index in [1.165, 1.54) is 6.08 Å². The highest BCUT2D eigenvalue weighted by Crippen LogP contribution is 2.27. The molecule has 1 atom stereocenters. The van der Waals surface area contributed by atoms with E-state index in [0.29, 0.717) is 58.6 Å². The summed E-state index contributed by atoms with van der Waals surface area (Å²) in [5.74, 6) is 0.335. The number of aliphatic hydroxyl groups excluding tert-OH is 1. The van der Waals surface area contributed by atoms with E-state index in [4.69, 9.17) is 9.47 Å². The number of hydrogen-bond donors (Lipinski definition) is 2. The van der Waals surface area contributed by atoms with Crippen LogP contribution in [0.25, 0.3) is 10.2 Å². The molecule has 0 aliphatic rings. The second-order valence-corrected chi connectivity index (χ2v) is 8.70. The van der Waals surface area contributed by atoms with Crippen LogP contribution in [-0.2, 0) is 16.0 Å². The molecule has 2 aromatic rings. The van der Waals surface area contributed by atoms with Gasteiger partial charge in [-0.05, 0) is 18.4 Å². The van der Waals surface area contributed by atoms with E-state index in [2.05, 4.69) is 37.0 Å². The number of esters is 1. The Bertz CT molecular complexity index is 966. The first-order chi connectivity index (χ1) is 14.8. The molecule has 2 aromatic heterocycles. The lowest BCUT2D eigenvalue weighted by atomic mass is 10.2. The lowest BCUT2D eigenvalue weighted by Crippen LogP contribution is -2.37. The summed E-state index contributed by atoms with van der Waals surface area (Å²) in [6.45, 7) is 15.1. The van der Waals surface area contributed by atoms with Crippen LogP contribution < -0.4 is 5.56 Å². The molecule has 0 aliphatic heterocycles. The van der Waals surface area contributed by atoms with Gasteiger partial charge in [0.2, 0.25) is 0 Å². The highest BCUT2D eigenvalue weighted by molar-refractivity contribution is 7.20. The molecule has 2 rings (SSSR count). The molecule has 0 fully saturated rings. The number of H-pyrrole nitrogens is 1. The van der Waals surface area contributed by atoms with Crippen LogP contribution in [0.3, 0.4) is 0 Å². The highest BCUT2D eigenvalue weighted by Gasteiger charge is 2.21. The molecule has 2 N–H and O–H groups in total. The molecule has 2 heterocycles. The van der Waals surface area contributed by atoms with Crippen molar-refractivity contribution in [3.05, 3.63) is 51.9 Å². The van der Waals surface area contributed by atoms with Crippen LogP contribution in [0.5, 0.6) is 0 Å². The zero-order valence-corrected chi connectivity index (χ0v) is 19.2. The van der Waals surface area contributed by atoms with Crippen molar-refractivity contribution >= 4 is 27.5 Å². The molecule has 8 nitrogen and oxygen atoms in total. The largest absolute Gasteiger partial charge is 0.457 e. The third-order valence-electron chi connectivity index (χ3n) is 4.38. The number of fused-ring (bicyclic) bond motifs is 1. The third kappa shape index (κ3) is 7.10. The molecular weight excluding hydrogens is 418 g/mol. The number of hydrogen-bond acceptors (Lipinski definition) is 8. The molecule has 31 heavy (non-hydrogen) atoms.